The van der Waals surface area contributed by atoms with Gasteiger partial charge in [-0.25, -0.2) is 9.78 Å². The molecule has 1 aromatic heterocycles. The molecule has 110 valence electrons. The Morgan fingerprint density at radius 1 is 1.55 bits per heavy atom. The van der Waals surface area contributed by atoms with E-state index in [0.717, 1.165) is 19.4 Å². The fraction of sp³-hybridized carbons (Fsp3) is 0.571. The van der Waals surface area contributed by atoms with Crippen molar-refractivity contribution in [2.24, 2.45) is 0 Å². The van der Waals surface area contributed by atoms with E-state index in [1.165, 1.54) is 13.5 Å². The molecule has 2 rings (SSSR count). The van der Waals surface area contributed by atoms with Crippen LogP contribution in [-0.2, 0) is 4.74 Å². The minimum atomic E-state index is -0.445. The normalized spacial score (nSPS) is 16.6. The van der Waals surface area contributed by atoms with E-state index in [9.17, 15) is 4.79 Å². The molecule has 1 aliphatic carbocycles. The number of carbonyl (C=O) groups excluding carboxylic acids is 1. The van der Waals surface area contributed by atoms with Crippen molar-refractivity contribution in [1.82, 2.24) is 9.88 Å². The van der Waals surface area contributed by atoms with Gasteiger partial charge < -0.3 is 20.7 Å². The number of hydrogen-bond acceptors (Lipinski definition) is 6. The van der Waals surface area contributed by atoms with E-state index < -0.39 is 5.97 Å². The van der Waals surface area contributed by atoms with Crippen molar-refractivity contribution < 1.29 is 9.53 Å². The minimum absolute atomic E-state index is 0.162. The second-order valence-corrected chi connectivity index (χ2v) is 5.44. The molecule has 3 N–H and O–H groups in total. The van der Waals surface area contributed by atoms with Crippen LogP contribution in [0.5, 0.6) is 0 Å². The molecule has 1 saturated carbocycles. The number of nitrogens with one attached hydrogen (secondary N) is 1. The summed E-state index contributed by atoms with van der Waals surface area (Å²) in [6, 6.07) is 1.57. The third-order valence-corrected chi connectivity index (χ3v) is 4.21. The second-order valence-electron chi connectivity index (χ2n) is 5.44. The van der Waals surface area contributed by atoms with Crippen LogP contribution in [0.1, 0.15) is 29.6 Å². The summed E-state index contributed by atoms with van der Waals surface area (Å²) in [5.41, 5.74) is 6.83. The van der Waals surface area contributed by atoms with Gasteiger partial charge in [0.25, 0.3) is 0 Å². The number of pyridine rings is 1. The lowest BCUT2D eigenvalue weighted by atomic mass is 9.75. The summed E-state index contributed by atoms with van der Waals surface area (Å²) < 4.78 is 4.71. The van der Waals surface area contributed by atoms with E-state index >= 15 is 0 Å². The van der Waals surface area contributed by atoms with Gasteiger partial charge in [-0.1, -0.05) is 0 Å². The standard InChI is InChI=1S/C14H22N4O2/c1-18(2)14(6-4-7-14)9-17-12-11(15)10(5-8-16-12)13(19)20-3/h5,8H,4,6-7,9,15H2,1-3H3,(H,16,17). The summed E-state index contributed by atoms with van der Waals surface area (Å²) in [5.74, 6) is 0.0972. The number of nitrogen functional groups attached to an aromatic ring is 1. The molecule has 0 aliphatic heterocycles. The Morgan fingerprint density at radius 2 is 2.25 bits per heavy atom. The lowest BCUT2D eigenvalue weighted by molar-refractivity contribution is 0.0602. The van der Waals surface area contributed by atoms with Gasteiger partial charge in [-0.15, -0.1) is 0 Å². The molecule has 0 amide bonds. The zero-order chi connectivity index (χ0) is 14.8. The van der Waals surface area contributed by atoms with Gasteiger partial charge in [-0.2, -0.15) is 0 Å². The summed E-state index contributed by atoms with van der Waals surface area (Å²) in [7, 11) is 5.51. The first-order chi connectivity index (χ1) is 9.50. The number of methoxy groups -OCH3 is 1. The van der Waals surface area contributed by atoms with Crippen LogP contribution in [0.4, 0.5) is 11.5 Å². The van der Waals surface area contributed by atoms with Gasteiger partial charge in [0.15, 0.2) is 0 Å². The Kier molecular flexibility index (Phi) is 4.13. The first-order valence-corrected chi connectivity index (χ1v) is 6.74. The first-order valence-electron chi connectivity index (χ1n) is 6.74. The maximum Gasteiger partial charge on any atom is 0.340 e. The van der Waals surface area contributed by atoms with Gasteiger partial charge in [0.2, 0.25) is 0 Å². The molecule has 20 heavy (non-hydrogen) atoms. The minimum Gasteiger partial charge on any atom is -0.465 e. The maximum absolute atomic E-state index is 11.6. The van der Waals surface area contributed by atoms with Crippen LogP contribution in [0.15, 0.2) is 12.3 Å². The van der Waals surface area contributed by atoms with Crippen molar-refractivity contribution >= 4 is 17.5 Å². The summed E-state index contributed by atoms with van der Waals surface area (Å²) >= 11 is 0. The molecule has 6 nitrogen and oxygen atoms in total. The predicted molar refractivity (Wildman–Crippen MR) is 78.7 cm³/mol. The number of ether oxygens (including phenoxy) is 1. The SMILES string of the molecule is COC(=O)c1ccnc(NCC2(N(C)C)CCC2)c1N. The van der Waals surface area contributed by atoms with Crippen molar-refractivity contribution in [3.8, 4) is 0 Å². The molecular formula is C14H22N4O2. The van der Waals surface area contributed by atoms with Crippen LogP contribution in [0.25, 0.3) is 0 Å². The predicted octanol–water partition coefficient (Wildman–Crippen LogP) is 1.35. The zero-order valence-corrected chi connectivity index (χ0v) is 12.3. The Balaban J connectivity index is 2.12. The van der Waals surface area contributed by atoms with Gasteiger partial charge in [0.05, 0.1) is 18.4 Å². The van der Waals surface area contributed by atoms with Crippen LogP contribution >= 0.6 is 0 Å². The summed E-state index contributed by atoms with van der Waals surface area (Å²) in [4.78, 5) is 18.1. The van der Waals surface area contributed by atoms with Gasteiger partial charge in [-0.05, 0) is 39.4 Å². The number of rotatable bonds is 5. The van der Waals surface area contributed by atoms with Gasteiger partial charge in [-0.3, -0.25) is 0 Å². The molecule has 0 atom stereocenters. The smallest absolute Gasteiger partial charge is 0.340 e. The summed E-state index contributed by atoms with van der Waals surface area (Å²) in [6.07, 6.45) is 5.12. The van der Waals surface area contributed by atoms with Crippen molar-refractivity contribution in [2.45, 2.75) is 24.8 Å². The molecule has 0 aromatic carbocycles. The molecule has 0 spiro atoms. The molecule has 1 fully saturated rings. The fourth-order valence-electron chi connectivity index (χ4n) is 2.52. The van der Waals surface area contributed by atoms with Crippen LogP contribution in [0.3, 0.4) is 0 Å². The number of hydrogen-bond donors (Lipinski definition) is 2. The highest BCUT2D eigenvalue weighted by molar-refractivity contribution is 5.97. The van der Waals surface area contributed by atoms with Gasteiger partial charge >= 0.3 is 5.97 Å². The van der Waals surface area contributed by atoms with Gasteiger partial charge in [0, 0.05) is 18.3 Å². The summed E-state index contributed by atoms with van der Waals surface area (Å²) in [5, 5.41) is 3.27. The molecule has 6 heteroatoms. The average Bonchev–Trinajstić information content (AvgIpc) is 2.38. The monoisotopic (exact) mass is 278 g/mol. The zero-order valence-electron chi connectivity index (χ0n) is 12.3. The van der Waals surface area contributed by atoms with Crippen LogP contribution in [-0.4, -0.2) is 49.1 Å². The van der Waals surface area contributed by atoms with E-state index in [4.69, 9.17) is 10.5 Å². The topological polar surface area (TPSA) is 80.5 Å². The number of esters is 1. The molecule has 0 bridgehead atoms. The molecular weight excluding hydrogens is 256 g/mol. The number of anilines is 2. The van der Waals surface area contributed by atoms with E-state index in [2.05, 4.69) is 29.3 Å². The van der Waals surface area contributed by atoms with E-state index in [0.29, 0.717) is 17.1 Å². The molecule has 0 unspecified atom stereocenters. The number of aromatic nitrogens is 1. The molecule has 0 saturated heterocycles. The van der Waals surface area contributed by atoms with E-state index in [1.807, 2.05) is 0 Å². The molecule has 0 radical (unpaired) electrons. The number of nitrogens with zero attached hydrogens (tertiary/aromatic N) is 2. The largest absolute Gasteiger partial charge is 0.465 e. The van der Waals surface area contributed by atoms with Crippen LogP contribution in [0, 0.1) is 0 Å². The number of carbonyl (C=O) groups is 1. The highest BCUT2D eigenvalue weighted by Crippen LogP contribution is 2.36. The van der Waals surface area contributed by atoms with Crippen LogP contribution in [0.2, 0.25) is 0 Å². The Morgan fingerprint density at radius 3 is 2.75 bits per heavy atom. The Hall–Kier alpha value is -1.82. The number of likely N-dealkylation sites (N-methyl/N-ethyl adjacent to an activating group) is 1. The molecule has 1 aromatic rings. The third kappa shape index (κ3) is 2.56. The van der Waals surface area contributed by atoms with Crippen molar-refractivity contribution in [3.63, 3.8) is 0 Å². The third-order valence-electron chi connectivity index (χ3n) is 4.21. The first kappa shape index (κ1) is 14.6. The highest BCUT2D eigenvalue weighted by atomic mass is 16.5. The molecule has 1 aliphatic rings. The lowest BCUT2D eigenvalue weighted by Crippen LogP contribution is -2.54. The second kappa shape index (κ2) is 5.66. The Labute approximate surface area is 119 Å². The van der Waals surface area contributed by atoms with E-state index in [-0.39, 0.29) is 5.54 Å². The highest BCUT2D eigenvalue weighted by Gasteiger charge is 2.38. The average molecular weight is 278 g/mol. The lowest BCUT2D eigenvalue weighted by Gasteiger charge is -2.47. The number of nitrogens with two attached hydrogens (primary N) is 1. The van der Waals surface area contributed by atoms with Crippen molar-refractivity contribution in [1.29, 1.82) is 0 Å². The van der Waals surface area contributed by atoms with Crippen molar-refractivity contribution in [3.05, 3.63) is 17.8 Å². The molecule has 1 heterocycles. The quantitative estimate of drug-likeness (QED) is 0.791. The maximum atomic E-state index is 11.6. The van der Waals surface area contributed by atoms with E-state index in [1.54, 1.807) is 12.3 Å². The Bertz CT molecular complexity index is 498. The van der Waals surface area contributed by atoms with Gasteiger partial charge in [0.1, 0.15) is 5.82 Å². The fourth-order valence-corrected chi connectivity index (χ4v) is 2.52. The summed E-state index contributed by atoms with van der Waals surface area (Å²) in [6.45, 7) is 0.766. The van der Waals surface area contributed by atoms with Crippen molar-refractivity contribution in [2.75, 3.05) is 38.8 Å². The van der Waals surface area contributed by atoms with Crippen LogP contribution < -0.4 is 11.1 Å².